The summed E-state index contributed by atoms with van der Waals surface area (Å²) in [6.45, 7) is 22.6. The zero-order chi connectivity index (χ0) is 19.1. The number of hydrogen-bond donors (Lipinski definition) is 0. The van der Waals surface area contributed by atoms with E-state index in [0.29, 0.717) is 0 Å². The van der Waals surface area contributed by atoms with Crippen molar-refractivity contribution in [3.05, 3.63) is 45.8 Å². The van der Waals surface area contributed by atoms with E-state index in [9.17, 15) is 0 Å². The monoisotopic (exact) mass is 385 g/mol. The molecule has 1 unspecified atom stereocenters. The van der Waals surface area contributed by atoms with Crippen LogP contribution in [0.15, 0.2) is 24.3 Å². The summed E-state index contributed by atoms with van der Waals surface area (Å²) in [5, 5.41) is 11.9. The minimum atomic E-state index is 0. The van der Waals surface area contributed by atoms with E-state index in [1.165, 1.54) is 12.0 Å². The summed E-state index contributed by atoms with van der Waals surface area (Å²) in [7, 11) is 0. The molecule has 0 bridgehead atoms. The molecule has 1 rings (SSSR count). The van der Waals surface area contributed by atoms with Crippen LogP contribution in [0.2, 0.25) is 0 Å². The molecule has 0 N–H and O–H groups in total. The molecule has 4 heteroatoms. The summed E-state index contributed by atoms with van der Waals surface area (Å²) in [5.74, 6) is 0.736. The number of rotatable bonds is 8. The van der Waals surface area contributed by atoms with Crippen molar-refractivity contribution in [1.29, 1.82) is 0 Å². The van der Waals surface area contributed by atoms with Gasteiger partial charge in [0.25, 0.3) is 0 Å². The third kappa shape index (κ3) is 32.1. The largest absolute Gasteiger partial charge is 4.00 e. The van der Waals surface area contributed by atoms with Crippen LogP contribution in [0.1, 0.15) is 73.3 Å². The molecule has 0 aliphatic rings. The molecule has 146 valence electrons. The Bertz CT molecular complexity index is 256. The van der Waals surface area contributed by atoms with E-state index >= 15 is 0 Å². The maximum Gasteiger partial charge on any atom is 4.00 e. The number of hydrogen-bond acceptors (Lipinski definition) is 0. The van der Waals surface area contributed by atoms with E-state index in [1.807, 2.05) is 41.5 Å². The van der Waals surface area contributed by atoms with Crippen LogP contribution in [0.3, 0.4) is 0 Å². The zero-order valence-corrected chi connectivity index (χ0v) is 19.7. The van der Waals surface area contributed by atoms with Crippen LogP contribution in [-0.2, 0) is 21.7 Å². The minimum absolute atomic E-state index is 0. The van der Waals surface area contributed by atoms with Crippen LogP contribution in [0.5, 0.6) is 0 Å². The molecule has 0 saturated heterocycles. The topological polar surface area (TPSA) is 42.3 Å². The van der Waals surface area contributed by atoms with Gasteiger partial charge in [0.2, 0.25) is 0 Å². The summed E-state index contributed by atoms with van der Waals surface area (Å²) < 4.78 is 0. The van der Waals surface area contributed by atoms with Gasteiger partial charge in [-0.2, -0.15) is 57.0 Å². The Morgan fingerprint density at radius 3 is 1.08 bits per heavy atom. The van der Waals surface area contributed by atoms with Crippen LogP contribution < -0.4 is 0 Å². The fraction of sp³-hybridized carbons (Fsp3) is 0.762. The van der Waals surface area contributed by atoms with Gasteiger partial charge in [-0.05, 0) is 0 Å². The van der Waals surface area contributed by atoms with E-state index in [1.54, 1.807) is 0 Å². The van der Waals surface area contributed by atoms with Gasteiger partial charge in [0.05, 0.1) is 0 Å². The quantitative estimate of drug-likeness (QED) is 0.338. The van der Waals surface area contributed by atoms with E-state index in [4.69, 9.17) is 0 Å². The standard InChI is InChI=1S/C9H13.3C4H10N.Ti/c1-3-8(2)9-6-4-5-7-9;3*1-3-5-4-2;/h4-8H,3H2,1-2H3;3*3-4H2,1-2H3;/q4*-1;+4. The van der Waals surface area contributed by atoms with Crippen LogP contribution in [0.4, 0.5) is 0 Å². The molecule has 0 aromatic heterocycles. The summed E-state index contributed by atoms with van der Waals surface area (Å²) in [6.07, 6.45) is 1.24. The summed E-state index contributed by atoms with van der Waals surface area (Å²) >= 11 is 0. The van der Waals surface area contributed by atoms with E-state index in [0.717, 1.165) is 45.2 Å². The van der Waals surface area contributed by atoms with Crippen LogP contribution in [0.25, 0.3) is 16.0 Å². The predicted molar refractivity (Wildman–Crippen MR) is 114 cm³/mol. The Balaban J connectivity index is -0.000000122. The van der Waals surface area contributed by atoms with E-state index in [-0.39, 0.29) is 21.7 Å². The molecule has 3 nitrogen and oxygen atoms in total. The van der Waals surface area contributed by atoms with Gasteiger partial charge in [0.1, 0.15) is 0 Å². The second kappa shape index (κ2) is 31.7. The van der Waals surface area contributed by atoms with Crippen molar-refractivity contribution in [2.45, 2.75) is 67.7 Å². The molecule has 0 heterocycles. The Hall–Kier alpha value is -0.0557. The van der Waals surface area contributed by atoms with Crippen molar-refractivity contribution in [3.63, 3.8) is 0 Å². The molecule has 0 radical (unpaired) electrons. The normalized spacial score (nSPS) is 9.92. The molecule has 1 aromatic rings. The predicted octanol–water partition coefficient (Wildman–Crippen LogP) is 7.12. The Morgan fingerprint density at radius 2 is 0.920 bits per heavy atom. The van der Waals surface area contributed by atoms with Gasteiger partial charge in [-0.1, -0.05) is 67.7 Å². The van der Waals surface area contributed by atoms with Gasteiger partial charge < -0.3 is 16.0 Å². The van der Waals surface area contributed by atoms with Crippen LogP contribution in [-0.4, -0.2) is 39.3 Å². The summed E-state index contributed by atoms with van der Waals surface area (Å²) in [6, 6.07) is 8.57. The third-order valence-electron chi connectivity index (χ3n) is 3.21. The first kappa shape index (κ1) is 32.6. The summed E-state index contributed by atoms with van der Waals surface area (Å²) in [4.78, 5) is 0. The van der Waals surface area contributed by atoms with E-state index < -0.39 is 0 Å². The molecular weight excluding hydrogens is 342 g/mol. The van der Waals surface area contributed by atoms with Gasteiger partial charge >= 0.3 is 21.7 Å². The molecule has 0 saturated carbocycles. The fourth-order valence-corrected chi connectivity index (χ4v) is 1.62. The smallest absolute Gasteiger partial charge is 0.663 e. The zero-order valence-electron chi connectivity index (χ0n) is 18.2. The van der Waals surface area contributed by atoms with Crippen molar-refractivity contribution in [2.75, 3.05) is 39.3 Å². The van der Waals surface area contributed by atoms with Crippen molar-refractivity contribution in [1.82, 2.24) is 0 Å². The van der Waals surface area contributed by atoms with Gasteiger partial charge in [-0.3, -0.25) is 0 Å². The molecule has 0 fully saturated rings. The maximum absolute atomic E-state index is 3.97. The maximum atomic E-state index is 3.97. The van der Waals surface area contributed by atoms with Gasteiger partial charge in [0.15, 0.2) is 0 Å². The van der Waals surface area contributed by atoms with Gasteiger partial charge in [-0.25, -0.2) is 12.1 Å². The first-order chi connectivity index (χ1) is 11.6. The average Bonchev–Trinajstić information content (AvgIpc) is 3.13. The molecule has 1 atom stereocenters. The van der Waals surface area contributed by atoms with Crippen molar-refractivity contribution in [3.8, 4) is 0 Å². The molecule has 0 spiro atoms. The Labute approximate surface area is 174 Å². The Morgan fingerprint density at radius 1 is 0.640 bits per heavy atom. The third-order valence-corrected chi connectivity index (χ3v) is 3.21. The van der Waals surface area contributed by atoms with Gasteiger partial charge in [0, 0.05) is 0 Å². The van der Waals surface area contributed by atoms with Gasteiger partial charge in [-0.15, -0.1) is 0 Å². The van der Waals surface area contributed by atoms with Crippen LogP contribution in [0, 0.1) is 0 Å². The SMILES string of the molecule is CCC(C)[c-]1cccc1.CC[N-]CC.CC[N-]CC.CC[N-]CC.[Ti+4]. The summed E-state index contributed by atoms with van der Waals surface area (Å²) in [5.41, 5.74) is 1.47. The first-order valence-corrected chi connectivity index (χ1v) is 9.70. The first-order valence-electron chi connectivity index (χ1n) is 9.70. The molecule has 1 aromatic carbocycles. The van der Waals surface area contributed by atoms with Crippen molar-refractivity contribution in [2.24, 2.45) is 0 Å². The molecule has 0 aliphatic heterocycles. The second-order valence-corrected chi connectivity index (χ2v) is 5.10. The molecule has 0 aliphatic carbocycles. The van der Waals surface area contributed by atoms with Crippen LogP contribution >= 0.6 is 0 Å². The van der Waals surface area contributed by atoms with E-state index in [2.05, 4.69) is 54.1 Å². The van der Waals surface area contributed by atoms with Crippen molar-refractivity contribution < 1.29 is 21.7 Å². The second-order valence-electron chi connectivity index (χ2n) is 5.10. The average molecular weight is 385 g/mol. The molecule has 0 amide bonds. The Kier molecular flexibility index (Phi) is 41.3. The fourth-order valence-electron chi connectivity index (χ4n) is 1.62. The molecule has 25 heavy (non-hydrogen) atoms. The van der Waals surface area contributed by atoms with Crippen molar-refractivity contribution >= 4 is 0 Å². The molecular formula is C21H43N3Ti. The number of nitrogens with zero attached hydrogens (tertiary/aromatic N) is 3. The minimum Gasteiger partial charge on any atom is -0.663 e.